The van der Waals surface area contributed by atoms with Gasteiger partial charge in [0.1, 0.15) is 5.78 Å². The Bertz CT molecular complexity index is 665. The average Bonchev–Trinajstić information content (AvgIpc) is 2.93. The first kappa shape index (κ1) is 20.3. The van der Waals surface area contributed by atoms with E-state index < -0.39 is 17.6 Å². The summed E-state index contributed by atoms with van der Waals surface area (Å²) in [7, 11) is 0. The minimum Gasteiger partial charge on any atom is -0.481 e. The number of fused-ring (bicyclic) bond motifs is 5. The number of Topliss-reactive ketones (excluding diaryl/α,β-unsaturated/α-hetero) is 1. The van der Waals surface area contributed by atoms with E-state index in [1.54, 1.807) is 0 Å². The number of carbonyl (C=O) groups excluding carboxylic acids is 1. The lowest BCUT2D eigenvalue weighted by atomic mass is 9.42. The standard InChI is InChI=1S/C23H37NO4/c1-21-10-9-17-20(16(21)7-6-14(21)4-3-5-19(27)28)18(26)13-23(24)12-15(25)8-11-22(17,23)2/h14,16-18,20,26H,3-13,24H2,1-2H3,(H,27,28). The van der Waals surface area contributed by atoms with Gasteiger partial charge in [-0.15, -0.1) is 0 Å². The van der Waals surface area contributed by atoms with Crippen LogP contribution in [0.4, 0.5) is 0 Å². The first-order chi connectivity index (χ1) is 13.1. The zero-order valence-electron chi connectivity index (χ0n) is 17.5. The van der Waals surface area contributed by atoms with Crippen molar-refractivity contribution in [1.82, 2.24) is 0 Å². The van der Waals surface area contributed by atoms with Gasteiger partial charge >= 0.3 is 5.97 Å². The number of nitrogens with two attached hydrogens (primary N) is 1. The fourth-order valence-electron chi connectivity index (χ4n) is 8.22. The molecule has 0 saturated heterocycles. The smallest absolute Gasteiger partial charge is 0.303 e. The molecule has 0 spiro atoms. The molecule has 0 aromatic rings. The lowest BCUT2D eigenvalue weighted by Gasteiger charge is -2.65. The second kappa shape index (κ2) is 6.80. The van der Waals surface area contributed by atoms with Crippen LogP contribution in [0.1, 0.15) is 84.5 Å². The summed E-state index contributed by atoms with van der Waals surface area (Å²) >= 11 is 0. The van der Waals surface area contributed by atoms with Crippen LogP contribution < -0.4 is 5.73 Å². The Hall–Kier alpha value is -0.940. The van der Waals surface area contributed by atoms with Crippen molar-refractivity contribution in [3.8, 4) is 0 Å². The number of carboxylic acids is 1. The van der Waals surface area contributed by atoms with Crippen molar-refractivity contribution >= 4 is 11.8 Å². The number of hydrogen-bond donors (Lipinski definition) is 3. The number of carboxylic acid groups (broad SMARTS) is 1. The zero-order chi connectivity index (χ0) is 20.3. The molecule has 0 aliphatic heterocycles. The third kappa shape index (κ3) is 2.87. The molecular weight excluding hydrogens is 354 g/mol. The monoisotopic (exact) mass is 391 g/mol. The molecule has 4 saturated carbocycles. The quantitative estimate of drug-likeness (QED) is 0.681. The van der Waals surface area contributed by atoms with E-state index in [4.69, 9.17) is 10.8 Å². The molecule has 8 unspecified atom stereocenters. The van der Waals surface area contributed by atoms with E-state index in [1.165, 1.54) is 0 Å². The van der Waals surface area contributed by atoms with E-state index in [9.17, 15) is 14.7 Å². The van der Waals surface area contributed by atoms with Crippen molar-refractivity contribution in [3.63, 3.8) is 0 Å². The Balaban J connectivity index is 1.57. The number of hydrogen-bond acceptors (Lipinski definition) is 4. The average molecular weight is 392 g/mol. The van der Waals surface area contributed by atoms with Crippen molar-refractivity contribution < 1.29 is 19.8 Å². The van der Waals surface area contributed by atoms with Gasteiger partial charge in [0.15, 0.2) is 0 Å². The first-order valence-corrected chi connectivity index (χ1v) is 11.3. The maximum absolute atomic E-state index is 12.2. The number of ketones is 1. The van der Waals surface area contributed by atoms with E-state index in [2.05, 4.69) is 13.8 Å². The number of rotatable bonds is 4. The van der Waals surface area contributed by atoms with Gasteiger partial charge < -0.3 is 15.9 Å². The van der Waals surface area contributed by atoms with Crippen molar-refractivity contribution in [2.24, 2.45) is 40.2 Å². The van der Waals surface area contributed by atoms with Crippen molar-refractivity contribution in [2.75, 3.05) is 0 Å². The van der Waals surface area contributed by atoms with Gasteiger partial charge in [0, 0.05) is 24.8 Å². The maximum atomic E-state index is 12.2. The number of aliphatic carboxylic acids is 1. The third-order valence-corrected chi connectivity index (χ3v) is 9.88. The largest absolute Gasteiger partial charge is 0.481 e. The van der Waals surface area contributed by atoms with Gasteiger partial charge in [-0.3, -0.25) is 9.59 Å². The summed E-state index contributed by atoms with van der Waals surface area (Å²) in [6.07, 6.45) is 8.55. The molecule has 0 radical (unpaired) electrons. The van der Waals surface area contributed by atoms with Crippen molar-refractivity contribution in [2.45, 2.75) is 96.1 Å². The molecule has 4 aliphatic rings. The van der Waals surface area contributed by atoms with Gasteiger partial charge in [-0.2, -0.15) is 0 Å². The summed E-state index contributed by atoms with van der Waals surface area (Å²) in [6.45, 7) is 4.70. The van der Waals surface area contributed by atoms with Crippen LogP contribution >= 0.6 is 0 Å². The highest BCUT2D eigenvalue weighted by Crippen LogP contribution is 2.68. The Morgan fingerprint density at radius 1 is 1.18 bits per heavy atom. The summed E-state index contributed by atoms with van der Waals surface area (Å²) in [5.74, 6) is 1.28. The summed E-state index contributed by atoms with van der Waals surface area (Å²) in [5.41, 5.74) is 6.42. The highest BCUT2D eigenvalue weighted by molar-refractivity contribution is 5.81. The second-order valence-corrected chi connectivity index (χ2v) is 11.0. The fourth-order valence-corrected chi connectivity index (χ4v) is 8.22. The lowest BCUT2D eigenvalue weighted by Crippen LogP contribution is -2.69. The van der Waals surface area contributed by atoms with Crippen molar-refractivity contribution in [1.29, 1.82) is 0 Å². The highest BCUT2D eigenvalue weighted by atomic mass is 16.4. The zero-order valence-corrected chi connectivity index (χ0v) is 17.5. The molecule has 0 aromatic heterocycles. The molecule has 158 valence electrons. The molecule has 28 heavy (non-hydrogen) atoms. The fraction of sp³-hybridized carbons (Fsp3) is 0.913. The molecule has 4 aliphatic carbocycles. The van der Waals surface area contributed by atoms with Crippen LogP contribution in [0.15, 0.2) is 0 Å². The molecule has 8 atom stereocenters. The van der Waals surface area contributed by atoms with Crippen LogP contribution in [0.2, 0.25) is 0 Å². The second-order valence-electron chi connectivity index (χ2n) is 11.0. The van der Waals surface area contributed by atoms with Gasteiger partial charge in [-0.25, -0.2) is 0 Å². The Morgan fingerprint density at radius 2 is 1.93 bits per heavy atom. The van der Waals surface area contributed by atoms with Gasteiger partial charge in [0.25, 0.3) is 0 Å². The maximum Gasteiger partial charge on any atom is 0.303 e. The van der Waals surface area contributed by atoms with Crippen LogP contribution in [0.3, 0.4) is 0 Å². The van der Waals surface area contributed by atoms with Gasteiger partial charge in [-0.05, 0) is 85.9 Å². The topological polar surface area (TPSA) is 101 Å². The molecule has 5 heteroatoms. The number of aliphatic hydroxyl groups is 1. The Labute approximate surface area is 168 Å². The van der Waals surface area contributed by atoms with Gasteiger partial charge in [0.2, 0.25) is 0 Å². The third-order valence-electron chi connectivity index (χ3n) is 9.88. The molecule has 0 bridgehead atoms. The molecule has 4 fully saturated rings. The predicted molar refractivity (Wildman–Crippen MR) is 107 cm³/mol. The predicted octanol–water partition coefficient (Wildman–Crippen LogP) is 3.52. The summed E-state index contributed by atoms with van der Waals surface area (Å²) in [5, 5.41) is 20.2. The highest BCUT2D eigenvalue weighted by Gasteiger charge is 2.65. The van der Waals surface area contributed by atoms with Crippen LogP contribution in [0, 0.1) is 34.5 Å². The van der Waals surface area contributed by atoms with Gasteiger partial charge in [-0.1, -0.05) is 13.8 Å². The Morgan fingerprint density at radius 3 is 2.64 bits per heavy atom. The summed E-state index contributed by atoms with van der Waals surface area (Å²) in [6, 6.07) is 0. The molecule has 4 rings (SSSR count). The number of aliphatic hydroxyl groups excluding tert-OH is 1. The van der Waals surface area contributed by atoms with Crippen LogP contribution in [-0.4, -0.2) is 33.6 Å². The normalized spacial score (nSPS) is 50.6. The molecule has 0 aromatic carbocycles. The molecule has 5 nitrogen and oxygen atoms in total. The van der Waals surface area contributed by atoms with E-state index >= 15 is 0 Å². The molecular formula is C23H37NO4. The van der Waals surface area contributed by atoms with Gasteiger partial charge in [0.05, 0.1) is 6.10 Å². The first-order valence-electron chi connectivity index (χ1n) is 11.3. The SMILES string of the molecule is CC12CCC3C(C(O)CC4(N)CC(=O)CCC34C)C1CCC2CCCC(=O)O. The van der Waals surface area contributed by atoms with E-state index in [-0.39, 0.29) is 29.0 Å². The lowest BCUT2D eigenvalue weighted by molar-refractivity contribution is -0.174. The molecule has 0 amide bonds. The Kier molecular flexibility index (Phi) is 4.94. The molecule has 4 N–H and O–H groups in total. The van der Waals surface area contributed by atoms with E-state index in [0.717, 1.165) is 44.9 Å². The minimum absolute atomic E-state index is 0.0620. The summed E-state index contributed by atoms with van der Waals surface area (Å²) in [4.78, 5) is 23.1. The van der Waals surface area contributed by atoms with Crippen LogP contribution in [0.25, 0.3) is 0 Å². The van der Waals surface area contributed by atoms with Crippen molar-refractivity contribution in [3.05, 3.63) is 0 Å². The van der Waals surface area contributed by atoms with E-state index in [1.807, 2.05) is 0 Å². The number of carbonyl (C=O) groups is 2. The van der Waals surface area contributed by atoms with E-state index in [0.29, 0.717) is 37.0 Å². The summed E-state index contributed by atoms with van der Waals surface area (Å²) < 4.78 is 0. The van der Waals surface area contributed by atoms with Crippen LogP contribution in [0.5, 0.6) is 0 Å². The minimum atomic E-state index is -0.704. The molecule has 0 heterocycles. The van der Waals surface area contributed by atoms with Crippen LogP contribution in [-0.2, 0) is 9.59 Å².